The minimum atomic E-state index is -0.497. The Labute approximate surface area is 158 Å². The van der Waals surface area contributed by atoms with Crippen LogP contribution >= 0.6 is 0 Å². The Kier molecular flexibility index (Phi) is 8.85. The molecule has 1 aromatic heterocycles. The summed E-state index contributed by atoms with van der Waals surface area (Å²) in [5.74, 6) is -0.0261. The van der Waals surface area contributed by atoms with Crippen molar-refractivity contribution in [2.24, 2.45) is 12.5 Å². The molecule has 6 nitrogen and oxygen atoms in total. The molecule has 0 aliphatic rings. The molecule has 0 bridgehead atoms. The summed E-state index contributed by atoms with van der Waals surface area (Å²) in [6.45, 7) is 9.98. The molecule has 1 aromatic rings. The summed E-state index contributed by atoms with van der Waals surface area (Å²) in [5, 5.41) is 0. The molecule has 1 rings (SSSR count). The Hall–Kier alpha value is -1.82. The van der Waals surface area contributed by atoms with E-state index in [9.17, 15) is 9.59 Å². The fourth-order valence-electron chi connectivity index (χ4n) is 2.69. The summed E-state index contributed by atoms with van der Waals surface area (Å²) in [6.07, 6.45) is 3.84. The van der Waals surface area contributed by atoms with Crippen molar-refractivity contribution in [3.8, 4) is 0 Å². The molecule has 0 fully saturated rings. The van der Waals surface area contributed by atoms with Crippen molar-refractivity contribution in [3.05, 3.63) is 24.0 Å². The summed E-state index contributed by atoms with van der Waals surface area (Å²) in [5.41, 5.74) is 0.556. The van der Waals surface area contributed by atoms with Gasteiger partial charge in [-0.1, -0.05) is 34.1 Å². The highest BCUT2D eigenvalue weighted by Gasteiger charge is 2.29. The molecule has 0 saturated carbocycles. The molecular formula is C20H35N3O3. The maximum absolute atomic E-state index is 13.0. The summed E-state index contributed by atoms with van der Waals surface area (Å²) in [6, 6.07) is 3.97. The monoisotopic (exact) mass is 365 g/mol. The fourth-order valence-corrected chi connectivity index (χ4v) is 2.69. The predicted molar refractivity (Wildman–Crippen MR) is 104 cm³/mol. The minimum absolute atomic E-state index is 0.0184. The number of carbonyl (C=O) groups is 2. The Balaban J connectivity index is 2.88. The number of ether oxygens (including phenoxy) is 1. The molecular weight excluding hydrogens is 330 g/mol. The van der Waals surface area contributed by atoms with Gasteiger partial charge in [-0.3, -0.25) is 9.59 Å². The molecule has 148 valence electrons. The molecule has 26 heavy (non-hydrogen) atoms. The highest BCUT2D eigenvalue weighted by molar-refractivity contribution is 5.87. The molecule has 0 spiro atoms. The van der Waals surface area contributed by atoms with Gasteiger partial charge in [-0.2, -0.15) is 0 Å². The largest absolute Gasteiger partial charge is 0.383 e. The highest BCUT2D eigenvalue weighted by Crippen LogP contribution is 2.18. The van der Waals surface area contributed by atoms with Crippen LogP contribution in [0.15, 0.2) is 18.3 Å². The van der Waals surface area contributed by atoms with Gasteiger partial charge in [-0.15, -0.1) is 0 Å². The van der Waals surface area contributed by atoms with E-state index in [1.807, 2.05) is 50.7 Å². The summed E-state index contributed by atoms with van der Waals surface area (Å²) >= 11 is 0. The summed E-state index contributed by atoms with van der Waals surface area (Å²) in [4.78, 5) is 29.2. The molecule has 0 saturated heterocycles. The van der Waals surface area contributed by atoms with E-state index in [1.54, 1.807) is 16.9 Å². The van der Waals surface area contributed by atoms with Gasteiger partial charge in [-0.25, -0.2) is 0 Å². The van der Waals surface area contributed by atoms with E-state index in [0.29, 0.717) is 26.2 Å². The smallest absolute Gasteiger partial charge is 0.242 e. The van der Waals surface area contributed by atoms with Crippen molar-refractivity contribution in [3.63, 3.8) is 0 Å². The summed E-state index contributed by atoms with van der Waals surface area (Å²) in [7, 11) is 3.59. The fraction of sp³-hybridized carbons (Fsp3) is 0.700. The van der Waals surface area contributed by atoms with E-state index in [0.717, 1.165) is 18.5 Å². The standard InChI is InChI=1S/C20H35N3O3/c1-7-8-12-23(19(25)20(2,3)4)16-18(24)22(13-14-26-6)15-17-10-9-11-21(17)5/h9-11H,7-8,12-16H2,1-6H3. The van der Waals surface area contributed by atoms with Gasteiger partial charge in [0.2, 0.25) is 11.8 Å². The molecule has 0 N–H and O–H groups in total. The van der Waals surface area contributed by atoms with E-state index in [1.165, 1.54) is 0 Å². The summed E-state index contributed by atoms with van der Waals surface area (Å²) < 4.78 is 7.16. The third-order valence-corrected chi connectivity index (χ3v) is 4.36. The first-order valence-electron chi connectivity index (χ1n) is 9.37. The molecule has 0 radical (unpaired) electrons. The number of aromatic nitrogens is 1. The van der Waals surface area contributed by atoms with Gasteiger partial charge >= 0.3 is 0 Å². The minimum Gasteiger partial charge on any atom is -0.383 e. The first-order valence-corrected chi connectivity index (χ1v) is 9.37. The number of hydrogen-bond acceptors (Lipinski definition) is 3. The average Bonchev–Trinajstić information content (AvgIpc) is 2.98. The van der Waals surface area contributed by atoms with Crippen molar-refractivity contribution in [2.75, 3.05) is 33.4 Å². The van der Waals surface area contributed by atoms with Gasteiger partial charge in [0.05, 0.1) is 19.7 Å². The average molecular weight is 366 g/mol. The van der Waals surface area contributed by atoms with E-state index >= 15 is 0 Å². The van der Waals surface area contributed by atoms with Crippen LogP contribution in [0.5, 0.6) is 0 Å². The maximum Gasteiger partial charge on any atom is 0.242 e. The second-order valence-electron chi connectivity index (χ2n) is 7.75. The number of carbonyl (C=O) groups excluding carboxylic acids is 2. The van der Waals surface area contributed by atoms with Crippen LogP contribution in [0.2, 0.25) is 0 Å². The second kappa shape index (κ2) is 10.4. The topological polar surface area (TPSA) is 54.8 Å². The van der Waals surface area contributed by atoms with Crippen LogP contribution in [0.25, 0.3) is 0 Å². The Morgan fingerprint density at radius 3 is 2.38 bits per heavy atom. The van der Waals surface area contributed by atoms with Crippen LogP contribution in [0.3, 0.4) is 0 Å². The maximum atomic E-state index is 13.0. The van der Waals surface area contributed by atoms with E-state index in [-0.39, 0.29) is 18.4 Å². The molecule has 0 unspecified atom stereocenters. The number of hydrogen-bond donors (Lipinski definition) is 0. The molecule has 0 atom stereocenters. The molecule has 6 heteroatoms. The lowest BCUT2D eigenvalue weighted by Gasteiger charge is -2.31. The van der Waals surface area contributed by atoms with Crippen LogP contribution in [0, 0.1) is 5.41 Å². The molecule has 2 amide bonds. The third kappa shape index (κ3) is 6.83. The number of amides is 2. The Morgan fingerprint density at radius 1 is 1.19 bits per heavy atom. The number of methoxy groups -OCH3 is 1. The SMILES string of the molecule is CCCCN(CC(=O)N(CCOC)Cc1cccn1C)C(=O)C(C)(C)C. The van der Waals surface area contributed by atoms with Gasteiger partial charge in [0, 0.05) is 44.6 Å². The van der Waals surface area contributed by atoms with E-state index < -0.39 is 5.41 Å². The molecule has 0 aliphatic heterocycles. The second-order valence-corrected chi connectivity index (χ2v) is 7.75. The zero-order valence-corrected chi connectivity index (χ0v) is 17.2. The van der Waals surface area contributed by atoms with Crippen LogP contribution in [-0.4, -0.2) is 59.5 Å². The first kappa shape index (κ1) is 22.2. The zero-order valence-electron chi connectivity index (χ0n) is 17.2. The van der Waals surface area contributed by atoms with Crippen LogP contribution in [0.1, 0.15) is 46.2 Å². The number of unbranched alkanes of at least 4 members (excludes halogenated alkanes) is 1. The Bertz CT molecular complexity index is 575. The van der Waals surface area contributed by atoms with Crippen molar-refractivity contribution in [2.45, 2.75) is 47.1 Å². The van der Waals surface area contributed by atoms with Crippen molar-refractivity contribution in [1.29, 1.82) is 0 Å². The van der Waals surface area contributed by atoms with Gasteiger partial charge in [-0.05, 0) is 18.6 Å². The molecule has 0 aliphatic carbocycles. The van der Waals surface area contributed by atoms with E-state index in [2.05, 4.69) is 6.92 Å². The van der Waals surface area contributed by atoms with Gasteiger partial charge in [0.15, 0.2) is 0 Å². The first-order chi connectivity index (χ1) is 12.2. The lowest BCUT2D eigenvalue weighted by Crippen LogP contribution is -2.47. The zero-order chi connectivity index (χ0) is 19.7. The predicted octanol–water partition coefficient (Wildman–Crippen LogP) is 2.67. The van der Waals surface area contributed by atoms with Gasteiger partial charge < -0.3 is 19.1 Å². The Morgan fingerprint density at radius 2 is 1.88 bits per heavy atom. The van der Waals surface area contributed by atoms with Crippen molar-refractivity contribution in [1.82, 2.24) is 14.4 Å². The third-order valence-electron chi connectivity index (χ3n) is 4.36. The number of aryl methyl sites for hydroxylation is 1. The van der Waals surface area contributed by atoms with E-state index in [4.69, 9.17) is 4.74 Å². The van der Waals surface area contributed by atoms with Crippen molar-refractivity contribution >= 4 is 11.8 Å². The normalized spacial score (nSPS) is 11.5. The number of nitrogens with zero attached hydrogens (tertiary/aromatic N) is 3. The highest BCUT2D eigenvalue weighted by atomic mass is 16.5. The van der Waals surface area contributed by atoms with Gasteiger partial charge in [0.25, 0.3) is 0 Å². The number of rotatable bonds is 10. The molecule has 1 heterocycles. The quantitative estimate of drug-likeness (QED) is 0.640. The lowest BCUT2D eigenvalue weighted by molar-refractivity contribution is -0.146. The van der Waals surface area contributed by atoms with Crippen molar-refractivity contribution < 1.29 is 14.3 Å². The van der Waals surface area contributed by atoms with Crippen LogP contribution in [-0.2, 0) is 27.9 Å². The lowest BCUT2D eigenvalue weighted by atomic mass is 9.94. The van der Waals surface area contributed by atoms with Crippen LogP contribution in [0.4, 0.5) is 0 Å². The van der Waals surface area contributed by atoms with Gasteiger partial charge in [0.1, 0.15) is 0 Å². The van der Waals surface area contributed by atoms with Crippen LogP contribution < -0.4 is 0 Å². The molecule has 0 aromatic carbocycles.